The van der Waals surface area contributed by atoms with Crippen molar-refractivity contribution >= 4 is 60.8 Å². The Morgan fingerprint density at radius 2 is 0.721 bits per heavy atom. The zero-order valence-electron chi connectivity index (χ0n) is 20.5. The lowest BCUT2D eigenvalue weighted by Crippen LogP contribution is -2.71. The van der Waals surface area contributed by atoms with Crippen molar-refractivity contribution in [2.24, 2.45) is 5.73 Å². The molecule has 260 valence electrons. The molecule has 0 bridgehead atoms. The van der Waals surface area contributed by atoms with Gasteiger partial charge in [0.25, 0.3) is 0 Å². The highest BCUT2D eigenvalue weighted by Crippen LogP contribution is 2.79. The molecule has 0 rings (SSSR count). The van der Waals surface area contributed by atoms with Crippen molar-refractivity contribution < 1.29 is 115 Å². The normalized spacial score (nSPS) is 15.9. The molecule has 0 fully saturated rings. The highest BCUT2D eigenvalue weighted by Gasteiger charge is 2.77. The maximum Gasteiger partial charge on any atom is 0.355 e. The van der Waals surface area contributed by atoms with Crippen LogP contribution in [0, 0.1) is 0 Å². The second kappa shape index (κ2) is 13.9. The summed E-state index contributed by atoms with van der Waals surface area (Å²) in [5.74, 6) is 0. The van der Waals surface area contributed by atoms with E-state index in [0.717, 1.165) is 0 Å². The van der Waals surface area contributed by atoms with E-state index < -0.39 is 113 Å². The molecule has 35 heteroatoms. The van der Waals surface area contributed by atoms with E-state index in [2.05, 4.69) is 0 Å². The monoisotopic (exact) mass is 799 g/mol. The Labute approximate surface area is 238 Å². The van der Waals surface area contributed by atoms with Gasteiger partial charge in [0.2, 0.25) is 11.0 Å². The van der Waals surface area contributed by atoms with E-state index in [4.69, 9.17) is 5.73 Å². The Kier molecular flexibility index (Phi) is 14.2. The molecule has 43 heavy (non-hydrogen) atoms. The predicted octanol–water partition coefficient (Wildman–Crippen LogP) is -4.78. The predicted molar refractivity (Wildman–Crippen MR) is 138 cm³/mol. The summed E-state index contributed by atoms with van der Waals surface area (Å²) in [5, 5.41) is -7.66. The number of nitrogens with one attached hydrogen (secondary N) is 1. The molecule has 0 aliphatic rings. The fourth-order valence-corrected chi connectivity index (χ4v) is 17.9. The van der Waals surface area contributed by atoms with Crippen molar-refractivity contribution in [1.29, 1.82) is 0 Å². The Hall–Kier alpha value is 1.08. The second-order valence-corrected chi connectivity index (χ2v) is 23.6. The molecule has 0 amide bonds. The lowest BCUT2D eigenvalue weighted by Gasteiger charge is -2.55. The van der Waals surface area contributed by atoms with E-state index >= 15 is 0 Å². The van der Waals surface area contributed by atoms with Gasteiger partial charge in [-0.2, -0.15) is 0 Å². The first-order valence-electron chi connectivity index (χ1n) is 10.0. The molecule has 0 spiro atoms. The van der Waals surface area contributed by atoms with Crippen LogP contribution >= 0.6 is 60.8 Å². The summed E-state index contributed by atoms with van der Waals surface area (Å²) in [4.78, 5) is 157. The topological polar surface area (TPSA) is 502 Å². The van der Waals surface area contributed by atoms with Crippen molar-refractivity contribution in [1.82, 2.24) is 10.2 Å². The van der Waals surface area contributed by atoms with E-state index in [0.29, 0.717) is 0 Å². The molecular formula is C8H29N3O24P8. The van der Waals surface area contributed by atoms with Gasteiger partial charge in [-0.15, -0.1) is 0 Å². The standard InChI is InChI=1S/C8H29N3O24P8/c9-1-2-10-3-8(4(36(12,13)14)37(15,16)17,5(38(18,19)20)39(21,22)23)11(6(40(24,25)26)41(27,28)29)7(42(30,31)32)43(33,34)35/h4-7,10H,1-3,9H2,(H2,12,13,14)(H2,15,16,17)(H2,18,19,20)(H2,21,22,23)(H2,24,25,26)(H2,27,28,29)(H2,30,31,32)(H2,33,34,35). The first-order chi connectivity index (χ1) is 18.4. The van der Waals surface area contributed by atoms with Crippen LogP contribution in [0.25, 0.3) is 0 Å². The number of nitrogens with two attached hydrogens (primary N) is 1. The molecule has 0 aromatic carbocycles. The van der Waals surface area contributed by atoms with Gasteiger partial charge in [0.15, 0.2) is 10.8 Å². The summed E-state index contributed by atoms with van der Waals surface area (Å²) in [6.45, 7) is -4.14. The zero-order valence-corrected chi connectivity index (χ0v) is 27.6. The molecule has 0 saturated carbocycles. The fraction of sp³-hybridized carbons (Fsp3) is 1.00. The summed E-state index contributed by atoms with van der Waals surface area (Å²) < 4.78 is 100. The van der Waals surface area contributed by atoms with Crippen LogP contribution in [0.3, 0.4) is 0 Å². The second-order valence-electron chi connectivity index (χ2n) is 8.52. The van der Waals surface area contributed by atoms with Crippen molar-refractivity contribution in [2.45, 2.75) is 27.4 Å². The molecule has 0 radical (unpaired) electrons. The molecule has 27 nitrogen and oxygen atoms in total. The van der Waals surface area contributed by atoms with Crippen molar-refractivity contribution in [3.63, 3.8) is 0 Å². The smallest absolute Gasteiger partial charge is 0.329 e. The summed E-state index contributed by atoms with van der Waals surface area (Å²) in [7, 11) is -57.3. The molecule has 0 saturated heterocycles. The van der Waals surface area contributed by atoms with Crippen LogP contribution in [0.2, 0.25) is 0 Å². The average molecular weight is 799 g/mol. The Morgan fingerprint density at radius 1 is 0.488 bits per heavy atom. The van der Waals surface area contributed by atoms with E-state index in [1.54, 1.807) is 5.32 Å². The van der Waals surface area contributed by atoms with Crippen LogP contribution in [-0.2, 0) is 36.5 Å². The lowest BCUT2D eigenvalue weighted by atomic mass is 10.0. The molecule has 0 aromatic rings. The zero-order chi connectivity index (χ0) is 35.2. The van der Waals surface area contributed by atoms with E-state index in [-0.39, 0.29) is 0 Å². The van der Waals surface area contributed by atoms with E-state index in [9.17, 15) is 115 Å². The highest BCUT2D eigenvalue weighted by atomic mass is 31.3. The van der Waals surface area contributed by atoms with Gasteiger partial charge in [0.1, 0.15) is 0 Å². The number of nitrogens with zero attached hydrogens (tertiary/aromatic N) is 1. The van der Waals surface area contributed by atoms with Crippen LogP contribution in [0.5, 0.6) is 0 Å². The summed E-state index contributed by atoms with van der Waals surface area (Å²) in [6.07, 6.45) is 0. The summed E-state index contributed by atoms with van der Waals surface area (Å²) in [6, 6.07) is 0. The minimum absolute atomic E-state index is 0.746. The van der Waals surface area contributed by atoms with Crippen LogP contribution < -0.4 is 11.1 Å². The molecule has 0 heterocycles. The number of rotatable bonds is 17. The maximum absolute atomic E-state index is 12.6. The third-order valence-corrected chi connectivity index (χ3v) is 20.0. The van der Waals surface area contributed by atoms with Crippen molar-refractivity contribution in [3.8, 4) is 0 Å². The van der Waals surface area contributed by atoms with Gasteiger partial charge in [0.05, 0.1) is 5.54 Å². The van der Waals surface area contributed by atoms with Gasteiger partial charge in [0, 0.05) is 19.6 Å². The molecule has 0 aromatic heterocycles. The van der Waals surface area contributed by atoms with Crippen LogP contribution in [0.4, 0.5) is 0 Å². The van der Waals surface area contributed by atoms with E-state index in [1.165, 1.54) is 0 Å². The Morgan fingerprint density at radius 3 is 0.884 bits per heavy atom. The Bertz CT molecular complexity index is 1200. The number of hydrogen-bond acceptors (Lipinski definition) is 11. The SMILES string of the molecule is NCCNCC(C(P(=O)(O)O)P(=O)(O)O)(C(P(=O)(O)O)P(=O)(O)O)N(C(P(=O)(O)O)P(=O)(O)O)C(P(=O)(O)O)P(=O)(O)O. The van der Waals surface area contributed by atoms with Crippen LogP contribution in [0.15, 0.2) is 0 Å². The van der Waals surface area contributed by atoms with Gasteiger partial charge < -0.3 is 89.3 Å². The third kappa shape index (κ3) is 11.1. The van der Waals surface area contributed by atoms with Gasteiger partial charge in [-0.05, 0) is 0 Å². The van der Waals surface area contributed by atoms with Gasteiger partial charge in [-0.1, -0.05) is 0 Å². The van der Waals surface area contributed by atoms with E-state index in [1.807, 2.05) is 0 Å². The minimum atomic E-state index is -7.18. The Balaban J connectivity index is 9.69. The number of hydrogen-bond donors (Lipinski definition) is 18. The summed E-state index contributed by atoms with van der Waals surface area (Å²) in [5.41, 5.74) is -9.54. The molecule has 0 atom stereocenters. The fourth-order valence-electron chi connectivity index (χ4n) is 4.21. The lowest BCUT2D eigenvalue weighted by molar-refractivity contribution is 0.0652. The largest absolute Gasteiger partial charge is 0.355 e. The minimum Gasteiger partial charge on any atom is -0.329 e. The van der Waals surface area contributed by atoms with Gasteiger partial charge >= 0.3 is 60.8 Å². The van der Waals surface area contributed by atoms with Crippen molar-refractivity contribution in [3.05, 3.63) is 0 Å². The van der Waals surface area contributed by atoms with Gasteiger partial charge in [-0.25, -0.2) is 4.90 Å². The maximum atomic E-state index is 12.6. The van der Waals surface area contributed by atoms with Gasteiger partial charge in [-0.3, -0.25) is 36.5 Å². The first-order valence-corrected chi connectivity index (χ1v) is 23.5. The first kappa shape index (κ1) is 44.1. The quantitative estimate of drug-likeness (QED) is 0.0485. The summed E-state index contributed by atoms with van der Waals surface area (Å²) >= 11 is 0. The average Bonchev–Trinajstić information content (AvgIpc) is 2.57. The molecule has 0 unspecified atom stereocenters. The van der Waals surface area contributed by atoms with Crippen molar-refractivity contribution in [2.75, 3.05) is 19.6 Å². The molecule has 0 aliphatic heterocycles. The molecule has 0 aliphatic carbocycles. The third-order valence-electron chi connectivity index (χ3n) is 5.08. The highest BCUT2D eigenvalue weighted by molar-refractivity contribution is 7.74. The molecule has 19 N–H and O–H groups in total. The van der Waals surface area contributed by atoms with Crippen LogP contribution in [-0.4, -0.2) is 130 Å². The molecular weight excluding hydrogens is 770 g/mol. The van der Waals surface area contributed by atoms with Crippen LogP contribution in [0.1, 0.15) is 0 Å².